The summed E-state index contributed by atoms with van der Waals surface area (Å²) in [6, 6.07) is 10.2. The molecule has 20 heavy (non-hydrogen) atoms. The number of nitrogens with zero attached hydrogens (tertiary/aromatic N) is 4. The van der Waals surface area contributed by atoms with Gasteiger partial charge in [0.25, 0.3) is 0 Å². The van der Waals surface area contributed by atoms with Gasteiger partial charge in [-0.1, -0.05) is 12.1 Å². The zero-order chi connectivity index (χ0) is 14.2. The molecule has 0 fully saturated rings. The Morgan fingerprint density at radius 1 is 0.800 bits per heavy atom. The van der Waals surface area contributed by atoms with Gasteiger partial charge >= 0.3 is 0 Å². The first-order valence-corrected chi connectivity index (χ1v) is 5.63. The Morgan fingerprint density at radius 2 is 1.25 bits per heavy atom. The average molecular weight is 272 g/mol. The molecule has 0 atom stereocenters. The van der Waals surface area contributed by atoms with E-state index in [1.165, 1.54) is 0 Å². The predicted molar refractivity (Wildman–Crippen MR) is 72.5 cm³/mol. The summed E-state index contributed by atoms with van der Waals surface area (Å²) in [4.78, 5) is 16.0. The average Bonchev–Trinajstić information content (AvgIpc) is 2.52. The maximum absolute atomic E-state index is 9.11. The SMILES string of the molecule is ONC(=N\c1ccccn1)/C(=N/c1ccccn1)NO. The highest BCUT2D eigenvalue weighted by Gasteiger charge is 2.08. The summed E-state index contributed by atoms with van der Waals surface area (Å²) < 4.78 is 0. The van der Waals surface area contributed by atoms with Gasteiger partial charge in [0.15, 0.2) is 23.3 Å². The second-order valence-corrected chi connectivity index (χ2v) is 3.52. The van der Waals surface area contributed by atoms with Crippen molar-refractivity contribution in [2.45, 2.75) is 0 Å². The minimum Gasteiger partial charge on any atom is -0.290 e. The van der Waals surface area contributed by atoms with Crippen LogP contribution in [-0.4, -0.2) is 32.1 Å². The molecule has 102 valence electrons. The minimum atomic E-state index is -0.100. The highest BCUT2D eigenvalue weighted by molar-refractivity contribution is 6.40. The van der Waals surface area contributed by atoms with E-state index in [-0.39, 0.29) is 11.7 Å². The molecule has 0 aliphatic rings. The summed E-state index contributed by atoms with van der Waals surface area (Å²) in [7, 11) is 0. The van der Waals surface area contributed by atoms with Gasteiger partial charge in [-0.15, -0.1) is 0 Å². The van der Waals surface area contributed by atoms with Crippen LogP contribution in [0.2, 0.25) is 0 Å². The van der Waals surface area contributed by atoms with Gasteiger partial charge in [-0.3, -0.25) is 10.4 Å². The smallest absolute Gasteiger partial charge is 0.197 e. The number of hydrogen-bond donors (Lipinski definition) is 4. The molecule has 0 saturated heterocycles. The van der Waals surface area contributed by atoms with Crippen LogP contribution in [0.1, 0.15) is 0 Å². The predicted octanol–water partition coefficient (Wildman–Crippen LogP) is 1.19. The summed E-state index contributed by atoms with van der Waals surface area (Å²) in [6.45, 7) is 0. The van der Waals surface area contributed by atoms with Gasteiger partial charge in [0.05, 0.1) is 0 Å². The normalized spacial score (nSPS) is 12.1. The molecule has 8 heteroatoms. The topological polar surface area (TPSA) is 115 Å². The van der Waals surface area contributed by atoms with Crippen LogP contribution in [0, 0.1) is 0 Å². The molecular formula is C12H12N6O2. The van der Waals surface area contributed by atoms with Crippen LogP contribution >= 0.6 is 0 Å². The van der Waals surface area contributed by atoms with Gasteiger partial charge in [-0.25, -0.2) is 30.9 Å². The lowest BCUT2D eigenvalue weighted by Gasteiger charge is -2.06. The van der Waals surface area contributed by atoms with Gasteiger partial charge in [-0.2, -0.15) is 0 Å². The lowest BCUT2D eigenvalue weighted by atomic mass is 10.4. The molecule has 2 heterocycles. The van der Waals surface area contributed by atoms with Crippen LogP contribution in [-0.2, 0) is 0 Å². The lowest BCUT2D eigenvalue weighted by molar-refractivity contribution is 0.223. The number of hydroxylamine groups is 2. The Labute approximate surface area is 114 Å². The highest BCUT2D eigenvalue weighted by Crippen LogP contribution is 2.08. The molecule has 8 nitrogen and oxygen atoms in total. The molecule has 4 N–H and O–H groups in total. The summed E-state index contributed by atoms with van der Waals surface area (Å²) in [5.74, 6) is 0.481. The van der Waals surface area contributed by atoms with Crippen LogP contribution in [0.3, 0.4) is 0 Å². The van der Waals surface area contributed by atoms with Crippen molar-refractivity contribution in [1.29, 1.82) is 0 Å². The van der Waals surface area contributed by atoms with E-state index in [4.69, 9.17) is 10.4 Å². The van der Waals surface area contributed by atoms with E-state index in [2.05, 4.69) is 20.0 Å². The van der Waals surface area contributed by atoms with E-state index in [1.807, 2.05) is 11.0 Å². The summed E-state index contributed by atoms with van der Waals surface area (Å²) in [5.41, 5.74) is 3.70. The van der Waals surface area contributed by atoms with Gasteiger partial charge in [0.1, 0.15) is 0 Å². The van der Waals surface area contributed by atoms with E-state index < -0.39 is 0 Å². The van der Waals surface area contributed by atoms with Crippen molar-refractivity contribution in [1.82, 2.24) is 20.9 Å². The summed E-state index contributed by atoms with van der Waals surface area (Å²) in [6.07, 6.45) is 3.10. The molecule has 0 bridgehead atoms. The van der Waals surface area contributed by atoms with Crippen LogP contribution in [0.25, 0.3) is 0 Å². The Bertz CT molecular complexity index is 544. The Balaban J connectivity index is 2.33. The molecule has 0 radical (unpaired) electrons. The standard InChI is InChI=1S/C12H12N6O2/c19-17-11(15-9-5-1-3-7-13-9)12(18-20)16-10-6-2-4-8-14-10/h1-8,19-20H,(H,13,15,17)(H,14,16,18). The number of pyridine rings is 2. The number of rotatable bonds is 2. The molecule has 0 spiro atoms. The van der Waals surface area contributed by atoms with Crippen LogP contribution in [0.5, 0.6) is 0 Å². The van der Waals surface area contributed by atoms with Gasteiger partial charge in [-0.05, 0) is 24.3 Å². The molecule has 0 aromatic carbocycles. The van der Waals surface area contributed by atoms with Crippen molar-refractivity contribution in [3.8, 4) is 0 Å². The van der Waals surface area contributed by atoms with Crippen molar-refractivity contribution in [2.24, 2.45) is 9.98 Å². The Kier molecular flexibility index (Phi) is 4.70. The zero-order valence-electron chi connectivity index (χ0n) is 10.3. The molecule has 0 saturated carbocycles. The third-order valence-corrected chi connectivity index (χ3v) is 2.19. The number of aliphatic imine (C=N–C) groups is 2. The monoisotopic (exact) mass is 272 g/mol. The van der Waals surface area contributed by atoms with Gasteiger partial charge < -0.3 is 0 Å². The zero-order valence-corrected chi connectivity index (χ0v) is 10.3. The molecule has 2 aromatic heterocycles. The first-order valence-electron chi connectivity index (χ1n) is 5.63. The molecule has 2 aromatic rings. The fourth-order valence-corrected chi connectivity index (χ4v) is 1.33. The van der Waals surface area contributed by atoms with Crippen LogP contribution in [0.15, 0.2) is 58.8 Å². The number of nitrogens with one attached hydrogen (secondary N) is 2. The molecule has 0 unspecified atom stereocenters. The molecule has 2 rings (SSSR count). The summed E-state index contributed by atoms with van der Waals surface area (Å²) in [5, 5.41) is 18.2. The number of aromatic nitrogens is 2. The van der Waals surface area contributed by atoms with E-state index in [9.17, 15) is 0 Å². The van der Waals surface area contributed by atoms with Crippen molar-refractivity contribution >= 4 is 23.3 Å². The molecule has 0 aliphatic carbocycles. The third kappa shape index (κ3) is 3.57. The first-order chi connectivity index (χ1) is 9.83. The van der Waals surface area contributed by atoms with Crippen molar-refractivity contribution < 1.29 is 10.4 Å². The van der Waals surface area contributed by atoms with Crippen molar-refractivity contribution in [3.05, 3.63) is 48.8 Å². The largest absolute Gasteiger partial charge is 0.290 e. The molecule has 0 aliphatic heterocycles. The maximum Gasteiger partial charge on any atom is 0.197 e. The van der Waals surface area contributed by atoms with Crippen LogP contribution in [0.4, 0.5) is 11.6 Å². The maximum atomic E-state index is 9.11. The quantitative estimate of drug-likeness (QED) is 0.371. The van der Waals surface area contributed by atoms with E-state index in [1.54, 1.807) is 48.8 Å². The highest BCUT2D eigenvalue weighted by atomic mass is 16.5. The lowest BCUT2D eigenvalue weighted by Crippen LogP contribution is -2.37. The second-order valence-electron chi connectivity index (χ2n) is 3.52. The molecule has 0 amide bonds. The first kappa shape index (κ1) is 13.6. The van der Waals surface area contributed by atoms with Crippen LogP contribution < -0.4 is 11.0 Å². The van der Waals surface area contributed by atoms with E-state index in [0.29, 0.717) is 11.6 Å². The summed E-state index contributed by atoms with van der Waals surface area (Å²) >= 11 is 0. The molecular weight excluding hydrogens is 260 g/mol. The Hall–Kier alpha value is -2.84. The van der Waals surface area contributed by atoms with Crippen molar-refractivity contribution in [3.63, 3.8) is 0 Å². The fraction of sp³-hybridized carbons (Fsp3) is 0. The Morgan fingerprint density at radius 3 is 1.55 bits per heavy atom. The fourth-order valence-electron chi connectivity index (χ4n) is 1.33. The van der Waals surface area contributed by atoms with Gasteiger partial charge in [0, 0.05) is 12.4 Å². The van der Waals surface area contributed by atoms with Gasteiger partial charge in [0.2, 0.25) is 0 Å². The minimum absolute atomic E-state index is 0.100. The number of hydrogen-bond acceptors (Lipinski definition) is 6. The van der Waals surface area contributed by atoms with Crippen molar-refractivity contribution in [2.75, 3.05) is 0 Å². The number of amidine groups is 2. The third-order valence-electron chi connectivity index (χ3n) is 2.19. The van der Waals surface area contributed by atoms with E-state index in [0.717, 1.165) is 0 Å². The van der Waals surface area contributed by atoms with E-state index >= 15 is 0 Å². The second kappa shape index (κ2) is 6.92.